The molecule has 13 heavy (non-hydrogen) atoms. The van der Waals surface area contributed by atoms with Crippen molar-refractivity contribution in [3.05, 3.63) is 30.3 Å². The van der Waals surface area contributed by atoms with Crippen molar-refractivity contribution >= 4 is 23.1 Å². The summed E-state index contributed by atoms with van der Waals surface area (Å²) in [6, 6.07) is 10.2. The molecule has 3 heteroatoms. The number of thiol groups is 1. The molecule has 0 fully saturated rings. The second kappa shape index (κ2) is 3.75. The first-order valence-electron chi connectivity index (χ1n) is 4.25. The molecule has 1 aromatic carbocycles. The fraction of sp³-hybridized carbons (Fsp3) is 0.200. The summed E-state index contributed by atoms with van der Waals surface area (Å²) in [5, 5.41) is 0. The molecule has 0 saturated carbocycles. The molecule has 68 valence electrons. The smallest absolute Gasteiger partial charge is 0.164 e. The van der Waals surface area contributed by atoms with E-state index in [-0.39, 0.29) is 0 Å². The molecule has 0 saturated heterocycles. The lowest BCUT2D eigenvalue weighted by molar-refractivity contribution is -0.102. The number of carbonyl (C=O) groups excluding carboxylic acids is 1. The van der Waals surface area contributed by atoms with Gasteiger partial charge in [0.1, 0.15) is 0 Å². The van der Waals surface area contributed by atoms with Gasteiger partial charge in [-0.05, 0) is 12.1 Å². The molecule has 2 nitrogen and oxygen atoms in total. The Morgan fingerprint density at radius 3 is 2.69 bits per heavy atom. The van der Waals surface area contributed by atoms with Crippen LogP contribution >= 0.6 is 11.1 Å². The normalized spacial score (nSPS) is 24.0. The van der Waals surface area contributed by atoms with E-state index in [0.717, 1.165) is 24.2 Å². The van der Waals surface area contributed by atoms with E-state index in [4.69, 9.17) is 0 Å². The van der Waals surface area contributed by atoms with Gasteiger partial charge in [0.2, 0.25) is 0 Å². The first-order valence-corrected chi connectivity index (χ1v) is 5.73. The van der Waals surface area contributed by atoms with E-state index >= 15 is 0 Å². The number of benzene rings is 1. The van der Waals surface area contributed by atoms with Crippen LogP contribution in [0.4, 0.5) is 0 Å². The first-order chi connectivity index (χ1) is 6.40. The molecule has 0 aromatic heterocycles. The van der Waals surface area contributed by atoms with Crippen LogP contribution < -0.4 is 0 Å². The van der Waals surface area contributed by atoms with E-state index in [0.29, 0.717) is 0 Å². The Morgan fingerprint density at radius 1 is 1.31 bits per heavy atom. The minimum atomic E-state index is -0.429. The van der Waals surface area contributed by atoms with Crippen LogP contribution in [0.25, 0.3) is 0 Å². The van der Waals surface area contributed by atoms with Gasteiger partial charge in [0, 0.05) is 17.1 Å². The highest BCUT2D eigenvalue weighted by Crippen LogP contribution is 2.41. The fourth-order valence-corrected chi connectivity index (χ4v) is 3.23. The summed E-state index contributed by atoms with van der Waals surface area (Å²) in [7, 11) is 0. The van der Waals surface area contributed by atoms with Crippen molar-refractivity contribution in [1.82, 2.24) is 0 Å². The minimum absolute atomic E-state index is 0.429. The summed E-state index contributed by atoms with van der Waals surface area (Å²) < 4.78 is 4.39. The number of nitrogens with zero attached hydrogens (tertiary/aromatic N) is 1. The summed E-state index contributed by atoms with van der Waals surface area (Å²) >= 11 is -0.429. The van der Waals surface area contributed by atoms with Gasteiger partial charge in [-0.2, -0.15) is 0 Å². The van der Waals surface area contributed by atoms with Gasteiger partial charge in [-0.1, -0.05) is 18.2 Å². The van der Waals surface area contributed by atoms with E-state index in [2.05, 4.69) is 16.5 Å². The summed E-state index contributed by atoms with van der Waals surface area (Å²) in [4.78, 5) is 11.7. The number of aldehydes is 1. The summed E-state index contributed by atoms with van der Waals surface area (Å²) in [5.74, 6) is 1.04. The van der Waals surface area contributed by atoms with Crippen molar-refractivity contribution in [2.24, 2.45) is 4.40 Å². The summed E-state index contributed by atoms with van der Waals surface area (Å²) in [6.45, 7) is 0. The Morgan fingerprint density at radius 2 is 2.08 bits per heavy atom. The van der Waals surface area contributed by atoms with Crippen LogP contribution in [-0.2, 0) is 4.79 Å². The lowest BCUT2D eigenvalue weighted by Crippen LogP contribution is -1.92. The molecule has 0 N–H and O–H groups in total. The van der Waals surface area contributed by atoms with Gasteiger partial charge in [-0.3, -0.25) is 4.79 Å². The fourth-order valence-electron chi connectivity index (χ4n) is 1.34. The third kappa shape index (κ3) is 1.80. The molecule has 1 aliphatic heterocycles. The third-order valence-corrected chi connectivity index (χ3v) is 4.06. The maximum Gasteiger partial charge on any atom is 0.164 e. The Balaban J connectivity index is 2.21. The van der Waals surface area contributed by atoms with Crippen molar-refractivity contribution in [2.45, 2.75) is 11.3 Å². The van der Waals surface area contributed by atoms with E-state index in [1.807, 2.05) is 18.2 Å². The summed E-state index contributed by atoms with van der Waals surface area (Å²) in [6.07, 6.45) is 1.73. The Hall–Kier alpha value is -1.09. The molecule has 0 aliphatic carbocycles. The van der Waals surface area contributed by atoms with E-state index in [1.54, 1.807) is 0 Å². The molecule has 1 aromatic rings. The zero-order chi connectivity index (χ0) is 9.10. The number of rotatable bonds is 2. The summed E-state index contributed by atoms with van der Waals surface area (Å²) in [5.41, 5.74) is 0.731. The van der Waals surface area contributed by atoms with Crippen molar-refractivity contribution in [3.63, 3.8) is 0 Å². The van der Waals surface area contributed by atoms with Crippen molar-refractivity contribution < 1.29 is 4.79 Å². The molecule has 1 unspecified atom stereocenters. The first kappa shape index (κ1) is 8.51. The average Bonchev–Trinajstić information content (AvgIpc) is 2.67. The van der Waals surface area contributed by atoms with E-state index < -0.39 is 11.1 Å². The lowest BCUT2D eigenvalue weighted by Gasteiger charge is -2.09. The molecule has 1 atom stereocenters. The van der Waals surface area contributed by atoms with Crippen LogP contribution in [0.15, 0.2) is 39.6 Å². The Labute approximate surface area is 80.2 Å². The lowest BCUT2D eigenvalue weighted by atomic mass is 10.3. The number of hydrogen-bond acceptors (Lipinski definition) is 2. The van der Waals surface area contributed by atoms with E-state index in [9.17, 15) is 4.79 Å². The highest BCUT2D eigenvalue weighted by molar-refractivity contribution is 8.16. The monoisotopic (exact) mass is 193 g/mol. The average molecular weight is 193 g/mol. The predicted molar refractivity (Wildman–Crippen MR) is 56.7 cm³/mol. The molecule has 2 rings (SSSR count). The molecular weight excluding hydrogens is 182 g/mol. The van der Waals surface area contributed by atoms with Crippen LogP contribution in [0.5, 0.6) is 0 Å². The third-order valence-electron chi connectivity index (χ3n) is 2.02. The molecule has 0 spiro atoms. The van der Waals surface area contributed by atoms with Crippen LogP contribution in [-0.4, -0.2) is 17.8 Å². The second-order valence-corrected chi connectivity index (χ2v) is 4.88. The van der Waals surface area contributed by atoms with Crippen LogP contribution in [0.1, 0.15) is 6.42 Å². The van der Waals surface area contributed by atoms with Crippen LogP contribution in [0.3, 0.4) is 0 Å². The van der Waals surface area contributed by atoms with Gasteiger partial charge in [-0.15, -0.1) is 11.1 Å². The molecule has 1 heterocycles. The molecular formula is C10H11NOS. The Kier molecular flexibility index (Phi) is 2.45. The van der Waals surface area contributed by atoms with Crippen molar-refractivity contribution in [2.75, 3.05) is 5.75 Å². The van der Waals surface area contributed by atoms with E-state index in [1.165, 1.54) is 4.90 Å². The van der Waals surface area contributed by atoms with Gasteiger partial charge in [0.05, 0.1) is 5.71 Å². The Bertz CT molecular complexity index is 334. The van der Waals surface area contributed by atoms with Gasteiger partial charge < -0.3 is 0 Å². The maximum absolute atomic E-state index is 10.5. The highest BCUT2D eigenvalue weighted by Gasteiger charge is 2.14. The van der Waals surface area contributed by atoms with Crippen molar-refractivity contribution in [3.8, 4) is 0 Å². The van der Waals surface area contributed by atoms with Crippen molar-refractivity contribution in [1.29, 1.82) is 0 Å². The maximum atomic E-state index is 10.5. The van der Waals surface area contributed by atoms with Gasteiger partial charge in [-0.25, -0.2) is 4.40 Å². The zero-order valence-electron chi connectivity index (χ0n) is 7.18. The number of hydrogen-bond donors (Lipinski definition) is 1. The standard InChI is InChI=1S/C10H11NOS/c12-8-9-6-7-13(11-9)10-4-2-1-3-5-10/h1-5,8,13H,6-7H2. The van der Waals surface area contributed by atoms with Crippen LogP contribution in [0.2, 0.25) is 0 Å². The molecule has 0 radical (unpaired) electrons. The largest absolute Gasteiger partial charge is 0.297 e. The molecule has 0 bridgehead atoms. The molecule has 1 aliphatic rings. The van der Waals surface area contributed by atoms with Crippen LogP contribution in [0, 0.1) is 0 Å². The number of carbonyl (C=O) groups is 1. The topological polar surface area (TPSA) is 29.4 Å². The van der Waals surface area contributed by atoms with Gasteiger partial charge in [0.15, 0.2) is 6.29 Å². The minimum Gasteiger partial charge on any atom is -0.297 e. The quantitative estimate of drug-likeness (QED) is 0.565. The van der Waals surface area contributed by atoms with Gasteiger partial charge in [0.25, 0.3) is 0 Å². The zero-order valence-corrected chi connectivity index (χ0v) is 8.08. The molecule has 0 amide bonds. The second-order valence-electron chi connectivity index (χ2n) is 2.92. The highest BCUT2D eigenvalue weighted by atomic mass is 32.2. The predicted octanol–water partition coefficient (Wildman–Crippen LogP) is 2.01. The SMILES string of the molecule is O=CC1=N[SH](c2ccccc2)CC1. The van der Waals surface area contributed by atoms with Gasteiger partial charge >= 0.3 is 0 Å².